The number of aryl methyl sites for hydroxylation is 2. The van der Waals surface area contributed by atoms with Crippen LogP contribution in [0.15, 0.2) is 24.3 Å². The van der Waals surface area contributed by atoms with Crippen LogP contribution in [0.3, 0.4) is 0 Å². The zero-order valence-electron chi connectivity index (χ0n) is 19.3. The smallest absolute Gasteiger partial charge is 0.341 e. The average Bonchev–Trinajstić information content (AvgIpc) is 3.26. The monoisotopic (exact) mass is 453 g/mol. The summed E-state index contributed by atoms with van der Waals surface area (Å²) < 4.78 is 7.47. The van der Waals surface area contributed by atoms with Gasteiger partial charge in [0.25, 0.3) is 5.91 Å². The molecule has 2 aromatic heterocycles. The Morgan fingerprint density at radius 2 is 2.00 bits per heavy atom. The van der Waals surface area contributed by atoms with E-state index in [1.165, 1.54) is 11.3 Å². The van der Waals surface area contributed by atoms with Crippen LogP contribution in [0.4, 0.5) is 5.00 Å². The number of likely N-dealkylation sites (N-methyl/N-ethyl adjacent to an activating group) is 1. The van der Waals surface area contributed by atoms with E-state index in [-0.39, 0.29) is 11.9 Å². The van der Waals surface area contributed by atoms with Gasteiger partial charge in [0.1, 0.15) is 10.7 Å². The minimum absolute atomic E-state index is 0.174. The van der Waals surface area contributed by atoms with Crippen molar-refractivity contribution in [1.29, 1.82) is 0 Å². The first-order chi connectivity index (χ1) is 15.5. The van der Waals surface area contributed by atoms with Gasteiger partial charge >= 0.3 is 5.97 Å². The summed E-state index contributed by atoms with van der Waals surface area (Å²) in [5.74, 6) is -0.527. The van der Waals surface area contributed by atoms with E-state index in [1.807, 2.05) is 19.1 Å². The number of anilines is 1. The standard InChI is InChI=1S/C25H31N3O3S/c1-5-7-13-28-19-11-9-8-10-17(19)16(3)22(28)23(29)26-24-21(25(30)31-6-2)18-12-14-27(4)15-20(18)32-24/h8-11H,5-7,12-15H2,1-4H3,(H,26,29). The maximum Gasteiger partial charge on any atom is 0.341 e. The first-order valence-electron chi connectivity index (χ1n) is 11.4. The summed E-state index contributed by atoms with van der Waals surface area (Å²) in [5.41, 5.74) is 4.25. The van der Waals surface area contributed by atoms with Crippen molar-refractivity contribution in [3.05, 3.63) is 51.5 Å². The molecule has 7 heteroatoms. The third kappa shape index (κ3) is 4.07. The highest BCUT2D eigenvalue weighted by atomic mass is 32.1. The van der Waals surface area contributed by atoms with E-state index in [4.69, 9.17) is 4.74 Å². The minimum atomic E-state index is -0.354. The third-order valence-electron chi connectivity index (χ3n) is 6.13. The van der Waals surface area contributed by atoms with Crippen molar-refractivity contribution in [2.24, 2.45) is 0 Å². The number of nitrogens with zero attached hydrogens (tertiary/aromatic N) is 2. The molecule has 6 nitrogen and oxygen atoms in total. The van der Waals surface area contributed by atoms with Gasteiger partial charge in [0.05, 0.1) is 12.2 Å². The highest BCUT2D eigenvalue weighted by Crippen LogP contribution is 2.38. The molecule has 0 saturated heterocycles. The summed E-state index contributed by atoms with van der Waals surface area (Å²) in [6.07, 6.45) is 2.82. The second-order valence-electron chi connectivity index (χ2n) is 8.37. The predicted molar refractivity (Wildman–Crippen MR) is 130 cm³/mol. The molecule has 1 N–H and O–H groups in total. The van der Waals surface area contributed by atoms with Crippen molar-refractivity contribution in [2.75, 3.05) is 25.5 Å². The molecule has 0 aliphatic carbocycles. The molecular formula is C25H31N3O3S. The van der Waals surface area contributed by atoms with Gasteiger partial charge in [-0.3, -0.25) is 4.79 Å². The molecule has 0 atom stereocenters. The third-order valence-corrected chi connectivity index (χ3v) is 7.26. The van der Waals surface area contributed by atoms with Crippen molar-refractivity contribution < 1.29 is 14.3 Å². The summed E-state index contributed by atoms with van der Waals surface area (Å²) in [5, 5.41) is 4.78. The fraction of sp³-hybridized carbons (Fsp3) is 0.440. The zero-order valence-corrected chi connectivity index (χ0v) is 20.1. The van der Waals surface area contributed by atoms with E-state index in [1.54, 1.807) is 6.92 Å². The van der Waals surface area contributed by atoms with Gasteiger partial charge in [-0.25, -0.2) is 4.79 Å². The molecule has 3 aromatic rings. The van der Waals surface area contributed by atoms with Gasteiger partial charge in [0.2, 0.25) is 0 Å². The van der Waals surface area contributed by atoms with Crippen molar-refractivity contribution in [1.82, 2.24) is 9.47 Å². The summed E-state index contributed by atoms with van der Waals surface area (Å²) in [6.45, 7) is 8.70. The SMILES string of the molecule is CCCCn1c(C(=O)Nc2sc3c(c2C(=O)OCC)CCN(C)C3)c(C)c2ccccc21. The number of carbonyl (C=O) groups is 2. The Morgan fingerprint density at radius 1 is 1.22 bits per heavy atom. The lowest BCUT2D eigenvalue weighted by molar-refractivity contribution is 0.0526. The van der Waals surface area contributed by atoms with Crippen LogP contribution in [0.5, 0.6) is 0 Å². The first-order valence-corrected chi connectivity index (χ1v) is 12.2. The Hall–Kier alpha value is -2.64. The van der Waals surface area contributed by atoms with Crippen molar-refractivity contribution in [3.63, 3.8) is 0 Å². The quantitative estimate of drug-likeness (QED) is 0.498. The number of amides is 1. The van der Waals surface area contributed by atoms with Gasteiger partial charge in [0.15, 0.2) is 0 Å². The average molecular weight is 454 g/mol. The number of nitrogens with one attached hydrogen (secondary N) is 1. The normalized spacial score (nSPS) is 13.9. The summed E-state index contributed by atoms with van der Waals surface area (Å²) in [7, 11) is 2.07. The number of thiophene rings is 1. The van der Waals surface area contributed by atoms with Crippen LogP contribution in [-0.4, -0.2) is 41.5 Å². The molecule has 0 unspecified atom stereocenters. The predicted octanol–water partition coefficient (Wildman–Crippen LogP) is 5.23. The van der Waals surface area contributed by atoms with Gasteiger partial charge in [-0.1, -0.05) is 31.5 Å². The molecule has 32 heavy (non-hydrogen) atoms. The molecule has 0 bridgehead atoms. The number of fused-ring (bicyclic) bond motifs is 2. The second kappa shape index (κ2) is 9.46. The van der Waals surface area contributed by atoms with Crippen molar-refractivity contribution in [3.8, 4) is 0 Å². The first kappa shape index (κ1) is 22.6. The van der Waals surface area contributed by atoms with Crippen LogP contribution in [0.2, 0.25) is 0 Å². The molecule has 3 heterocycles. The molecule has 0 saturated carbocycles. The maximum absolute atomic E-state index is 13.6. The highest BCUT2D eigenvalue weighted by Gasteiger charge is 2.30. The number of benzene rings is 1. The van der Waals surface area contributed by atoms with E-state index in [0.717, 1.165) is 65.8 Å². The molecule has 170 valence electrons. The number of hydrogen-bond acceptors (Lipinski definition) is 5. The number of rotatable bonds is 7. The van der Waals surface area contributed by atoms with Gasteiger partial charge in [-0.05, 0) is 50.9 Å². The van der Waals surface area contributed by atoms with Crippen LogP contribution >= 0.6 is 11.3 Å². The lowest BCUT2D eigenvalue weighted by Crippen LogP contribution is -2.26. The van der Waals surface area contributed by atoms with E-state index < -0.39 is 0 Å². The van der Waals surface area contributed by atoms with Crippen LogP contribution in [-0.2, 0) is 24.2 Å². The maximum atomic E-state index is 13.6. The van der Waals surface area contributed by atoms with Crippen LogP contribution in [0, 0.1) is 6.92 Å². The van der Waals surface area contributed by atoms with Crippen LogP contribution in [0.25, 0.3) is 10.9 Å². The number of ether oxygens (including phenoxy) is 1. The summed E-state index contributed by atoms with van der Waals surface area (Å²) in [4.78, 5) is 29.8. The Labute approximate surface area is 193 Å². The van der Waals surface area contributed by atoms with Gasteiger partial charge in [-0.15, -0.1) is 11.3 Å². The molecule has 4 rings (SSSR count). The van der Waals surface area contributed by atoms with Gasteiger partial charge < -0.3 is 19.5 Å². The lowest BCUT2D eigenvalue weighted by Gasteiger charge is -2.22. The fourth-order valence-corrected chi connectivity index (χ4v) is 5.83. The Bertz CT molecular complexity index is 1160. The van der Waals surface area contributed by atoms with Crippen LogP contribution < -0.4 is 5.32 Å². The number of carbonyl (C=O) groups excluding carboxylic acids is 2. The molecule has 1 amide bonds. The topological polar surface area (TPSA) is 63.6 Å². The number of esters is 1. The Balaban J connectivity index is 1.76. The van der Waals surface area contributed by atoms with E-state index in [2.05, 4.69) is 40.9 Å². The van der Waals surface area contributed by atoms with Crippen molar-refractivity contribution >= 4 is 39.1 Å². The van der Waals surface area contributed by atoms with Crippen LogP contribution in [0.1, 0.15) is 63.5 Å². The van der Waals surface area contributed by atoms with E-state index in [9.17, 15) is 9.59 Å². The highest BCUT2D eigenvalue weighted by molar-refractivity contribution is 7.17. The minimum Gasteiger partial charge on any atom is -0.462 e. The molecule has 1 aliphatic heterocycles. The summed E-state index contributed by atoms with van der Waals surface area (Å²) in [6, 6.07) is 8.14. The molecular weight excluding hydrogens is 422 g/mol. The number of unbranched alkanes of at least 4 members (excludes halogenated alkanes) is 1. The lowest BCUT2D eigenvalue weighted by atomic mass is 10.0. The van der Waals surface area contributed by atoms with Crippen molar-refractivity contribution in [2.45, 2.75) is 53.1 Å². The molecule has 0 radical (unpaired) electrons. The molecule has 1 aromatic carbocycles. The molecule has 0 spiro atoms. The van der Waals surface area contributed by atoms with Gasteiger partial charge in [-0.2, -0.15) is 0 Å². The van der Waals surface area contributed by atoms with Gasteiger partial charge in [0, 0.05) is 35.4 Å². The molecule has 0 fully saturated rings. The van der Waals surface area contributed by atoms with E-state index in [0.29, 0.717) is 22.9 Å². The Morgan fingerprint density at radius 3 is 2.75 bits per heavy atom. The zero-order chi connectivity index (χ0) is 22.8. The fourth-order valence-electron chi connectivity index (χ4n) is 4.52. The largest absolute Gasteiger partial charge is 0.462 e. The number of para-hydroxylation sites is 1. The van der Waals surface area contributed by atoms with E-state index >= 15 is 0 Å². The summed E-state index contributed by atoms with van der Waals surface area (Å²) >= 11 is 1.50. The number of hydrogen-bond donors (Lipinski definition) is 1. The Kier molecular flexibility index (Phi) is 6.67. The molecule has 1 aliphatic rings. The number of aromatic nitrogens is 1. The second-order valence-corrected chi connectivity index (χ2v) is 9.47.